The molecule has 2 nitrogen and oxygen atoms in total. The lowest BCUT2D eigenvalue weighted by Gasteiger charge is -2.13. The Morgan fingerprint density at radius 2 is 1.20 bits per heavy atom. The molecule has 0 saturated carbocycles. The summed E-state index contributed by atoms with van der Waals surface area (Å²) in [5.74, 6) is -0.0477. The van der Waals surface area contributed by atoms with Gasteiger partial charge in [-0.15, -0.1) is 0 Å². The van der Waals surface area contributed by atoms with Crippen LogP contribution < -0.4 is 0 Å². The van der Waals surface area contributed by atoms with E-state index in [1.54, 1.807) is 47.8 Å². The maximum absolute atomic E-state index is 12.5. The Morgan fingerprint density at radius 3 is 1.70 bits per heavy atom. The number of hydrogen-bond acceptors (Lipinski definition) is 6. The first-order chi connectivity index (χ1) is 9.75. The maximum Gasteiger partial charge on any atom is 0.201 e. The molecule has 0 radical (unpaired) electrons. The number of allylic oxidation sites excluding steroid dienone is 2. The van der Waals surface area contributed by atoms with Gasteiger partial charge < -0.3 is 0 Å². The van der Waals surface area contributed by atoms with Crippen LogP contribution in [0.2, 0.25) is 0 Å². The molecule has 2 aliphatic heterocycles. The number of rotatable bonds is 0. The summed E-state index contributed by atoms with van der Waals surface area (Å²) >= 11 is 6.16. The van der Waals surface area contributed by atoms with E-state index in [2.05, 4.69) is 0 Å². The first-order valence-electron chi connectivity index (χ1n) is 5.77. The van der Waals surface area contributed by atoms with Crippen molar-refractivity contribution in [2.45, 2.75) is 0 Å². The molecule has 0 aromatic heterocycles. The molecule has 0 fully saturated rings. The molecular formula is C14H6O2S4. The van der Waals surface area contributed by atoms with Gasteiger partial charge in [0.15, 0.2) is 0 Å². The number of thioether (sulfide) groups is 4. The van der Waals surface area contributed by atoms with Crippen molar-refractivity contribution in [1.82, 2.24) is 0 Å². The third-order valence-electron chi connectivity index (χ3n) is 3.00. The van der Waals surface area contributed by atoms with Gasteiger partial charge in [0, 0.05) is 11.1 Å². The Labute approximate surface area is 132 Å². The molecule has 98 valence electrons. The van der Waals surface area contributed by atoms with Gasteiger partial charge in [0.2, 0.25) is 11.6 Å². The normalized spacial score (nSPS) is 20.8. The third-order valence-corrected chi connectivity index (χ3v) is 8.24. The summed E-state index contributed by atoms with van der Waals surface area (Å²) in [7, 11) is 0. The number of benzene rings is 1. The van der Waals surface area contributed by atoms with Crippen molar-refractivity contribution in [2.75, 3.05) is 0 Å². The molecule has 3 aliphatic rings. The second-order valence-corrected chi connectivity index (χ2v) is 8.54. The molecule has 0 atom stereocenters. The molecule has 0 amide bonds. The lowest BCUT2D eigenvalue weighted by Crippen LogP contribution is -2.17. The van der Waals surface area contributed by atoms with Crippen LogP contribution in [-0.4, -0.2) is 11.6 Å². The minimum atomic E-state index is -0.0238. The maximum atomic E-state index is 12.5. The van der Waals surface area contributed by atoms with Crippen LogP contribution in [0.3, 0.4) is 0 Å². The van der Waals surface area contributed by atoms with E-state index in [9.17, 15) is 9.59 Å². The molecule has 0 unspecified atom stereocenters. The van der Waals surface area contributed by atoms with Crippen LogP contribution in [0.1, 0.15) is 20.7 Å². The van der Waals surface area contributed by atoms with Crippen molar-refractivity contribution in [3.05, 3.63) is 64.5 Å². The van der Waals surface area contributed by atoms with Gasteiger partial charge in [0.1, 0.15) is 0 Å². The molecule has 0 spiro atoms. The third kappa shape index (κ3) is 1.86. The Balaban J connectivity index is 1.79. The summed E-state index contributed by atoms with van der Waals surface area (Å²) in [6.07, 6.45) is 0. The number of hydrogen-bond donors (Lipinski definition) is 0. The Bertz CT molecular complexity index is 699. The molecule has 1 aliphatic carbocycles. The van der Waals surface area contributed by atoms with Crippen LogP contribution in [0.25, 0.3) is 0 Å². The average Bonchev–Trinajstić information content (AvgIpc) is 3.13. The van der Waals surface area contributed by atoms with Crippen molar-refractivity contribution < 1.29 is 9.59 Å². The smallest absolute Gasteiger partial charge is 0.201 e. The van der Waals surface area contributed by atoms with E-state index in [1.165, 1.54) is 23.5 Å². The van der Waals surface area contributed by atoms with E-state index in [-0.39, 0.29) is 11.6 Å². The SMILES string of the molecule is O=C1C2=C(SC(=C3SC=CS3)S2)C(=O)c2ccccc21. The summed E-state index contributed by atoms with van der Waals surface area (Å²) in [6.45, 7) is 0. The molecule has 1 aromatic rings. The fraction of sp³-hybridized carbons (Fsp3) is 0. The van der Waals surface area contributed by atoms with Crippen molar-refractivity contribution in [3.8, 4) is 0 Å². The zero-order valence-electron chi connectivity index (χ0n) is 9.91. The molecule has 0 N–H and O–H groups in total. The van der Waals surface area contributed by atoms with Gasteiger partial charge in [-0.2, -0.15) is 0 Å². The highest BCUT2D eigenvalue weighted by Crippen LogP contribution is 2.58. The van der Waals surface area contributed by atoms with Gasteiger partial charge in [-0.25, -0.2) is 0 Å². The number of carbonyl (C=O) groups excluding carboxylic acids is 2. The van der Waals surface area contributed by atoms with Gasteiger partial charge in [0.05, 0.1) is 18.3 Å². The summed E-state index contributed by atoms with van der Waals surface area (Å²) < 4.78 is 2.20. The van der Waals surface area contributed by atoms with E-state index < -0.39 is 0 Å². The number of fused-ring (bicyclic) bond motifs is 1. The van der Waals surface area contributed by atoms with Crippen LogP contribution in [0.4, 0.5) is 0 Å². The van der Waals surface area contributed by atoms with Gasteiger partial charge >= 0.3 is 0 Å². The molecule has 20 heavy (non-hydrogen) atoms. The van der Waals surface area contributed by atoms with Gasteiger partial charge in [-0.3, -0.25) is 9.59 Å². The van der Waals surface area contributed by atoms with Crippen molar-refractivity contribution in [3.63, 3.8) is 0 Å². The number of Topliss-reactive ketones (excluding diaryl/α,β-unsaturated/α-hetero) is 2. The molecule has 6 heteroatoms. The van der Waals surface area contributed by atoms with E-state index >= 15 is 0 Å². The summed E-state index contributed by atoms with van der Waals surface area (Å²) in [5, 5.41) is 4.04. The molecule has 1 aromatic carbocycles. The van der Waals surface area contributed by atoms with Crippen LogP contribution in [-0.2, 0) is 0 Å². The minimum absolute atomic E-state index is 0.0238. The molecule has 2 heterocycles. The average molecular weight is 334 g/mol. The lowest BCUT2D eigenvalue weighted by molar-refractivity contribution is 0.0988. The van der Waals surface area contributed by atoms with Crippen LogP contribution >= 0.6 is 47.0 Å². The van der Waals surface area contributed by atoms with E-state index in [0.717, 1.165) is 8.47 Å². The van der Waals surface area contributed by atoms with E-state index in [4.69, 9.17) is 0 Å². The van der Waals surface area contributed by atoms with Crippen molar-refractivity contribution in [2.24, 2.45) is 0 Å². The van der Waals surface area contributed by atoms with Gasteiger partial charge in [-0.05, 0) is 10.8 Å². The summed E-state index contributed by atoms with van der Waals surface area (Å²) in [6, 6.07) is 7.06. The standard InChI is InChI=1S/C14H6O2S4/c15-9-7-3-1-2-4-8(7)10(16)12-11(9)19-14(20-12)13-17-5-6-18-13/h1-6H. The van der Waals surface area contributed by atoms with Crippen LogP contribution in [0.15, 0.2) is 53.4 Å². The molecular weight excluding hydrogens is 328 g/mol. The molecule has 4 rings (SSSR count). The van der Waals surface area contributed by atoms with Crippen molar-refractivity contribution in [1.29, 1.82) is 0 Å². The highest BCUT2D eigenvalue weighted by Gasteiger charge is 2.39. The van der Waals surface area contributed by atoms with Crippen LogP contribution in [0.5, 0.6) is 0 Å². The van der Waals surface area contributed by atoms with E-state index in [1.807, 2.05) is 10.8 Å². The van der Waals surface area contributed by atoms with Gasteiger partial charge in [-0.1, -0.05) is 71.3 Å². The predicted octanol–water partition coefficient (Wildman–Crippen LogP) is 4.84. The summed E-state index contributed by atoms with van der Waals surface area (Å²) in [5.41, 5.74) is 1.06. The molecule has 0 bridgehead atoms. The fourth-order valence-electron chi connectivity index (χ4n) is 2.11. The highest BCUT2D eigenvalue weighted by atomic mass is 32.2. The second-order valence-electron chi connectivity index (χ2n) is 4.15. The first-order valence-corrected chi connectivity index (χ1v) is 9.16. The van der Waals surface area contributed by atoms with Gasteiger partial charge in [0.25, 0.3) is 0 Å². The second kappa shape index (κ2) is 4.87. The summed E-state index contributed by atoms with van der Waals surface area (Å²) in [4.78, 5) is 26.2. The number of carbonyl (C=O) groups is 2. The van der Waals surface area contributed by atoms with Crippen LogP contribution in [0, 0.1) is 0 Å². The Hall–Kier alpha value is -0.820. The molecule has 0 saturated heterocycles. The Morgan fingerprint density at radius 1 is 0.700 bits per heavy atom. The predicted molar refractivity (Wildman–Crippen MR) is 88.7 cm³/mol. The largest absolute Gasteiger partial charge is 0.288 e. The zero-order chi connectivity index (χ0) is 13.7. The first kappa shape index (κ1) is 12.9. The zero-order valence-corrected chi connectivity index (χ0v) is 13.2. The quantitative estimate of drug-likeness (QED) is 0.676. The lowest BCUT2D eigenvalue weighted by atomic mass is 9.94. The minimum Gasteiger partial charge on any atom is -0.288 e. The Kier molecular flexibility index (Phi) is 3.14. The topological polar surface area (TPSA) is 34.1 Å². The van der Waals surface area contributed by atoms with Crippen molar-refractivity contribution >= 4 is 58.6 Å². The number of ketones is 2. The fourth-order valence-corrected chi connectivity index (χ4v) is 6.86. The van der Waals surface area contributed by atoms with E-state index in [0.29, 0.717) is 20.9 Å². The highest BCUT2D eigenvalue weighted by molar-refractivity contribution is 8.34. The monoisotopic (exact) mass is 334 g/mol.